The summed E-state index contributed by atoms with van der Waals surface area (Å²) in [6, 6.07) is 84.9. The second kappa shape index (κ2) is 15.1. The first-order valence-corrected chi connectivity index (χ1v) is 20.5. The zero-order chi connectivity index (χ0) is 39.8. The van der Waals surface area contributed by atoms with Crippen LogP contribution in [0.1, 0.15) is 0 Å². The van der Waals surface area contributed by atoms with Crippen LogP contribution in [0.4, 0.5) is 17.1 Å². The summed E-state index contributed by atoms with van der Waals surface area (Å²) in [6.45, 7) is 0. The Morgan fingerprint density at radius 2 is 0.817 bits per heavy atom. The van der Waals surface area contributed by atoms with Gasteiger partial charge in [0, 0.05) is 33.1 Å². The Bertz CT molecular complexity index is 3300. The maximum Gasteiger partial charge on any atom is 0.143 e. The van der Waals surface area contributed by atoms with Crippen LogP contribution in [0.5, 0.6) is 0 Å². The van der Waals surface area contributed by atoms with Crippen LogP contribution < -0.4 is 4.90 Å². The van der Waals surface area contributed by atoms with Crippen molar-refractivity contribution in [2.24, 2.45) is 0 Å². The number of furan rings is 1. The molecule has 0 atom stereocenters. The Balaban J connectivity index is 1.09. The molecular formula is C58H39NO. The number of para-hydroxylation sites is 2. The molecular weight excluding hydrogens is 727 g/mol. The van der Waals surface area contributed by atoms with Gasteiger partial charge in [-0.1, -0.05) is 200 Å². The van der Waals surface area contributed by atoms with Crippen LogP contribution in [-0.2, 0) is 0 Å². The van der Waals surface area contributed by atoms with E-state index in [0.29, 0.717) is 0 Å². The van der Waals surface area contributed by atoms with Crippen LogP contribution >= 0.6 is 0 Å². The first-order chi connectivity index (χ1) is 29.8. The smallest absolute Gasteiger partial charge is 0.143 e. The molecule has 0 aliphatic heterocycles. The molecule has 0 N–H and O–H groups in total. The molecule has 1 heterocycles. The van der Waals surface area contributed by atoms with Crippen molar-refractivity contribution >= 4 is 49.8 Å². The van der Waals surface area contributed by atoms with Gasteiger partial charge in [-0.25, -0.2) is 0 Å². The second-order valence-corrected chi connectivity index (χ2v) is 15.2. The highest BCUT2D eigenvalue weighted by atomic mass is 16.3. The average Bonchev–Trinajstić information content (AvgIpc) is 3.72. The number of nitrogens with zero attached hydrogens (tertiary/aromatic N) is 1. The zero-order valence-electron chi connectivity index (χ0n) is 32.9. The molecule has 0 bridgehead atoms. The molecule has 2 heteroatoms. The van der Waals surface area contributed by atoms with Crippen molar-refractivity contribution in [1.82, 2.24) is 0 Å². The van der Waals surface area contributed by atoms with E-state index in [1.165, 1.54) is 49.7 Å². The maximum atomic E-state index is 6.46. The molecule has 0 unspecified atom stereocenters. The summed E-state index contributed by atoms with van der Waals surface area (Å²) in [5.41, 5.74) is 16.8. The molecule has 0 amide bonds. The molecule has 11 aromatic rings. The third-order valence-electron chi connectivity index (χ3n) is 11.7. The predicted octanol–water partition coefficient (Wildman–Crippen LogP) is 16.5. The highest BCUT2D eigenvalue weighted by molar-refractivity contribution is 6.10. The van der Waals surface area contributed by atoms with E-state index in [1.54, 1.807) is 0 Å². The maximum absolute atomic E-state index is 6.46. The van der Waals surface area contributed by atoms with Gasteiger partial charge in [0.2, 0.25) is 0 Å². The number of hydrogen-bond donors (Lipinski definition) is 0. The van der Waals surface area contributed by atoms with Gasteiger partial charge in [-0.3, -0.25) is 0 Å². The van der Waals surface area contributed by atoms with Crippen molar-refractivity contribution in [3.8, 4) is 55.6 Å². The van der Waals surface area contributed by atoms with Gasteiger partial charge in [-0.2, -0.15) is 0 Å². The summed E-state index contributed by atoms with van der Waals surface area (Å²) in [7, 11) is 0. The van der Waals surface area contributed by atoms with Gasteiger partial charge in [-0.05, 0) is 91.9 Å². The van der Waals surface area contributed by atoms with Crippen LogP contribution in [0.15, 0.2) is 241 Å². The molecule has 0 radical (unpaired) electrons. The summed E-state index contributed by atoms with van der Waals surface area (Å²) in [5, 5.41) is 4.64. The molecule has 0 spiro atoms. The Morgan fingerprint density at radius 1 is 0.300 bits per heavy atom. The van der Waals surface area contributed by atoms with E-state index < -0.39 is 0 Å². The second-order valence-electron chi connectivity index (χ2n) is 15.2. The lowest BCUT2D eigenvalue weighted by Crippen LogP contribution is -2.10. The molecule has 60 heavy (non-hydrogen) atoms. The van der Waals surface area contributed by atoms with Gasteiger partial charge in [0.15, 0.2) is 0 Å². The molecule has 2 nitrogen and oxygen atoms in total. The average molecular weight is 766 g/mol. The normalized spacial score (nSPS) is 11.3. The minimum absolute atomic E-state index is 0.902. The summed E-state index contributed by atoms with van der Waals surface area (Å²) in [5.74, 6) is 0. The molecule has 11 rings (SSSR count). The van der Waals surface area contributed by atoms with E-state index in [4.69, 9.17) is 4.42 Å². The fourth-order valence-electron chi connectivity index (χ4n) is 8.92. The molecule has 0 fully saturated rings. The van der Waals surface area contributed by atoms with Crippen LogP contribution in [-0.4, -0.2) is 0 Å². The third-order valence-corrected chi connectivity index (χ3v) is 11.7. The summed E-state index contributed by atoms with van der Waals surface area (Å²) in [6.07, 6.45) is 0. The van der Waals surface area contributed by atoms with Crippen molar-refractivity contribution in [2.75, 3.05) is 4.90 Å². The zero-order valence-corrected chi connectivity index (χ0v) is 32.9. The lowest BCUT2D eigenvalue weighted by atomic mass is 9.84. The Kier molecular flexibility index (Phi) is 8.87. The fraction of sp³-hybridized carbons (Fsp3) is 0. The fourth-order valence-corrected chi connectivity index (χ4v) is 8.92. The molecule has 0 saturated heterocycles. The van der Waals surface area contributed by atoms with E-state index in [2.05, 4.69) is 229 Å². The molecule has 0 aliphatic carbocycles. The van der Waals surface area contributed by atoms with Crippen molar-refractivity contribution in [1.29, 1.82) is 0 Å². The summed E-state index contributed by atoms with van der Waals surface area (Å²) >= 11 is 0. The quantitative estimate of drug-likeness (QED) is 0.153. The highest BCUT2D eigenvalue weighted by Gasteiger charge is 2.21. The SMILES string of the molecule is c1ccc(-c2ccccc2-c2c(-c3ccccc3)cccc2-c2cccc(N(c3ccc(-c4cccc5c4oc4ccccc45)cc3)c3cccc4ccccc34)c2)cc1. The first kappa shape index (κ1) is 35.2. The number of rotatable bonds is 8. The van der Waals surface area contributed by atoms with Gasteiger partial charge in [-0.15, -0.1) is 0 Å². The Hall–Kier alpha value is -7.94. The Morgan fingerprint density at radius 3 is 1.62 bits per heavy atom. The lowest BCUT2D eigenvalue weighted by molar-refractivity contribution is 0.670. The largest absolute Gasteiger partial charge is 0.455 e. The molecule has 0 aliphatic rings. The van der Waals surface area contributed by atoms with Gasteiger partial charge in [0.05, 0.1) is 5.69 Å². The van der Waals surface area contributed by atoms with Crippen LogP contribution in [0, 0.1) is 0 Å². The number of hydrogen-bond acceptors (Lipinski definition) is 2. The minimum Gasteiger partial charge on any atom is -0.455 e. The number of benzene rings is 10. The van der Waals surface area contributed by atoms with Crippen LogP contribution in [0.25, 0.3) is 88.3 Å². The van der Waals surface area contributed by atoms with E-state index in [9.17, 15) is 0 Å². The third kappa shape index (κ3) is 6.23. The minimum atomic E-state index is 0.902. The van der Waals surface area contributed by atoms with Crippen LogP contribution in [0.3, 0.4) is 0 Å². The highest BCUT2D eigenvalue weighted by Crippen LogP contribution is 2.46. The van der Waals surface area contributed by atoms with E-state index >= 15 is 0 Å². The van der Waals surface area contributed by atoms with Crippen molar-refractivity contribution in [3.05, 3.63) is 237 Å². The molecule has 0 saturated carbocycles. The first-order valence-electron chi connectivity index (χ1n) is 20.5. The van der Waals surface area contributed by atoms with E-state index in [-0.39, 0.29) is 0 Å². The lowest BCUT2D eigenvalue weighted by Gasteiger charge is -2.28. The van der Waals surface area contributed by atoms with Crippen LogP contribution in [0.2, 0.25) is 0 Å². The molecule has 282 valence electrons. The Labute approximate surface area is 349 Å². The van der Waals surface area contributed by atoms with E-state index in [0.717, 1.165) is 55.7 Å². The van der Waals surface area contributed by atoms with Gasteiger partial charge in [0.1, 0.15) is 11.2 Å². The molecule has 1 aromatic heterocycles. The van der Waals surface area contributed by atoms with Crippen molar-refractivity contribution in [2.45, 2.75) is 0 Å². The monoisotopic (exact) mass is 765 g/mol. The van der Waals surface area contributed by atoms with Gasteiger partial charge < -0.3 is 9.32 Å². The summed E-state index contributed by atoms with van der Waals surface area (Å²) in [4.78, 5) is 2.40. The van der Waals surface area contributed by atoms with Crippen molar-refractivity contribution in [3.63, 3.8) is 0 Å². The molecule has 10 aromatic carbocycles. The van der Waals surface area contributed by atoms with Gasteiger partial charge in [0.25, 0.3) is 0 Å². The van der Waals surface area contributed by atoms with E-state index in [1.807, 2.05) is 12.1 Å². The number of fused-ring (bicyclic) bond motifs is 4. The predicted molar refractivity (Wildman–Crippen MR) is 253 cm³/mol. The standard InChI is InChI=1S/C58H39NO/c1-3-17-40(18-4-1)47-25-9-10-28-53(47)57-49(42-19-5-2-6-20-42)29-15-30-50(57)44-23-13-24-46(39-44)59(55-33-14-22-41-21-7-8-26-48(41)55)45-37-35-43(36-38-45)51-31-16-32-54-52-27-11-12-34-56(52)60-58(51)54/h1-39H. The van der Waals surface area contributed by atoms with Gasteiger partial charge >= 0.3 is 0 Å². The topological polar surface area (TPSA) is 16.4 Å². The number of anilines is 3. The van der Waals surface area contributed by atoms with Crippen molar-refractivity contribution < 1.29 is 4.42 Å². The summed E-state index contributed by atoms with van der Waals surface area (Å²) < 4.78 is 6.46.